The SMILES string of the molecule is CC1CCCC(C)N1NC(=O)C(N)c1cnn(C)c1. The van der Waals surface area contributed by atoms with Gasteiger partial charge in [0.15, 0.2) is 0 Å². The third kappa shape index (κ3) is 3.13. The predicted octanol–water partition coefficient (Wildman–Crippen LogP) is 0.714. The quantitative estimate of drug-likeness (QED) is 0.844. The lowest BCUT2D eigenvalue weighted by molar-refractivity contribution is -0.130. The van der Waals surface area contributed by atoms with E-state index >= 15 is 0 Å². The van der Waals surface area contributed by atoms with E-state index in [9.17, 15) is 4.79 Å². The molecule has 0 bridgehead atoms. The van der Waals surface area contributed by atoms with Crippen LogP contribution in [0.5, 0.6) is 0 Å². The van der Waals surface area contributed by atoms with Gasteiger partial charge in [0.2, 0.25) is 0 Å². The average molecular weight is 265 g/mol. The summed E-state index contributed by atoms with van der Waals surface area (Å²) in [6.45, 7) is 4.26. The van der Waals surface area contributed by atoms with E-state index < -0.39 is 6.04 Å². The van der Waals surface area contributed by atoms with Gasteiger partial charge in [-0.25, -0.2) is 5.01 Å². The van der Waals surface area contributed by atoms with Crippen LogP contribution in [0.2, 0.25) is 0 Å². The third-order valence-corrected chi connectivity index (χ3v) is 3.80. The number of nitrogens with one attached hydrogen (secondary N) is 1. The smallest absolute Gasteiger partial charge is 0.255 e. The Kier molecular flexibility index (Phi) is 4.21. The summed E-state index contributed by atoms with van der Waals surface area (Å²) in [5.41, 5.74) is 9.66. The zero-order chi connectivity index (χ0) is 14.0. The second-order valence-electron chi connectivity index (χ2n) is 5.44. The number of carbonyl (C=O) groups excluding carboxylic acids is 1. The van der Waals surface area contributed by atoms with Crippen molar-refractivity contribution < 1.29 is 4.79 Å². The topological polar surface area (TPSA) is 76.2 Å². The van der Waals surface area contributed by atoms with E-state index in [4.69, 9.17) is 5.73 Å². The summed E-state index contributed by atoms with van der Waals surface area (Å²) in [4.78, 5) is 12.2. The summed E-state index contributed by atoms with van der Waals surface area (Å²) in [6.07, 6.45) is 6.82. The Morgan fingerprint density at radius 1 is 1.47 bits per heavy atom. The van der Waals surface area contributed by atoms with Crippen molar-refractivity contribution >= 4 is 5.91 Å². The molecule has 3 unspecified atom stereocenters. The van der Waals surface area contributed by atoms with E-state index in [1.54, 1.807) is 17.1 Å². The molecule has 106 valence electrons. The van der Waals surface area contributed by atoms with Gasteiger partial charge in [0, 0.05) is 30.9 Å². The Balaban J connectivity index is 2.00. The Labute approximate surface area is 113 Å². The number of hydrazine groups is 1. The highest BCUT2D eigenvalue weighted by Gasteiger charge is 2.28. The first kappa shape index (κ1) is 14.0. The average Bonchev–Trinajstić information content (AvgIpc) is 2.79. The molecule has 1 saturated heterocycles. The van der Waals surface area contributed by atoms with Crippen LogP contribution in [0.25, 0.3) is 0 Å². The first-order valence-electron chi connectivity index (χ1n) is 6.82. The van der Waals surface area contributed by atoms with Gasteiger partial charge >= 0.3 is 0 Å². The number of carbonyl (C=O) groups is 1. The van der Waals surface area contributed by atoms with Crippen LogP contribution in [0.4, 0.5) is 0 Å². The fourth-order valence-electron chi connectivity index (χ4n) is 2.59. The number of nitrogens with two attached hydrogens (primary N) is 1. The summed E-state index contributed by atoms with van der Waals surface area (Å²) >= 11 is 0. The van der Waals surface area contributed by atoms with Crippen molar-refractivity contribution in [2.24, 2.45) is 12.8 Å². The number of piperidine rings is 1. The van der Waals surface area contributed by atoms with Gasteiger partial charge in [-0.1, -0.05) is 6.42 Å². The van der Waals surface area contributed by atoms with Crippen LogP contribution < -0.4 is 11.2 Å². The van der Waals surface area contributed by atoms with Gasteiger partial charge in [-0.15, -0.1) is 0 Å². The number of hydrogen-bond donors (Lipinski definition) is 2. The summed E-state index contributed by atoms with van der Waals surface area (Å²) in [6, 6.07) is 0.0395. The maximum atomic E-state index is 12.2. The molecule has 0 aliphatic carbocycles. The minimum absolute atomic E-state index is 0.173. The van der Waals surface area contributed by atoms with Crippen LogP contribution in [0.1, 0.15) is 44.7 Å². The molecule has 2 rings (SSSR count). The first-order chi connectivity index (χ1) is 8.99. The number of amides is 1. The highest BCUT2D eigenvalue weighted by molar-refractivity contribution is 5.82. The lowest BCUT2D eigenvalue weighted by Gasteiger charge is -2.39. The maximum absolute atomic E-state index is 12.2. The molecule has 1 aliphatic rings. The molecular formula is C13H23N5O. The molecule has 1 aliphatic heterocycles. The lowest BCUT2D eigenvalue weighted by Crippen LogP contribution is -2.55. The van der Waals surface area contributed by atoms with Gasteiger partial charge in [-0.3, -0.25) is 14.9 Å². The van der Waals surface area contributed by atoms with Gasteiger partial charge in [0.05, 0.1) is 6.20 Å². The standard InChI is InChI=1S/C13H23N5O/c1-9-5-4-6-10(2)18(9)16-13(19)12(14)11-7-15-17(3)8-11/h7-10,12H,4-6,14H2,1-3H3,(H,16,19). The summed E-state index contributed by atoms with van der Waals surface area (Å²) < 4.78 is 1.65. The molecule has 0 spiro atoms. The number of aromatic nitrogens is 2. The van der Waals surface area contributed by atoms with Gasteiger partial charge in [0.25, 0.3) is 5.91 Å². The fourth-order valence-corrected chi connectivity index (χ4v) is 2.59. The molecule has 6 nitrogen and oxygen atoms in total. The Hall–Kier alpha value is -1.40. The van der Waals surface area contributed by atoms with Crippen molar-refractivity contribution in [1.29, 1.82) is 0 Å². The number of hydrogen-bond acceptors (Lipinski definition) is 4. The molecule has 1 aromatic rings. The van der Waals surface area contributed by atoms with Crippen molar-refractivity contribution in [2.45, 2.75) is 51.2 Å². The van der Waals surface area contributed by atoms with Crippen molar-refractivity contribution in [2.75, 3.05) is 0 Å². The molecule has 3 N–H and O–H groups in total. The van der Waals surface area contributed by atoms with Gasteiger partial charge < -0.3 is 5.73 Å². The van der Waals surface area contributed by atoms with Gasteiger partial charge in [-0.2, -0.15) is 5.10 Å². The number of nitrogens with zero attached hydrogens (tertiary/aromatic N) is 3. The van der Waals surface area contributed by atoms with Crippen molar-refractivity contribution in [3.8, 4) is 0 Å². The molecule has 1 aromatic heterocycles. The second-order valence-corrected chi connectivity index (χ2v) is 5.44. The molecule has 0 aromatic carbocycles. The summed E-state index contributed by atoms with van der Waals surface area (Å²) in [7, 11) is 1.81. The normalized spacial score (nSPS) is 26.1. The lowest BCUT2D eigenvalue weighted by atomic mass is 10.00. The molecule has 2 heterocycles. The van der Waals surface area contributed by atoms with E-state index in [1.165, 1.54) is 6.42 Å². The zero-order valence-electron chi connectivity index (χ0n) is 11.8. The zero-order valence-corrected chi connectivity index (χ0v) is 11.8. The first-order valence-corrected chi connectivity index (χ1v) is 6.82. The molecule has 6 heteroatoms. The maximum Gasteiger partial charge on any atom is 0.255 e. The fraction of sp³-hybridized carbons (Fsp3) is 0.692. The highest BCUT2D eigenvalue weighted by Crippen LogP contribution is 2.21. The van der Waals surface area contributed by atoms with Crippen molar-refractivity contribution in [3.05, 3.63) is 18.0 Å². The minimum Gasteiger partial charge on any atom is -0.316 e. The molecule has 3 atom stereocenters. The van der Waals surface area contributed by atoms with E-state index in [2.05, 4.69) is 24.4 Å². The Morgan fingerprint density at radius 2 is 2.11 bits per heavy atom. The number of aryl methyl sites for hydroxylation is 1. The highest BCUT2D eigenvalue weighted by atomic mass is 16.2. The van der Waals surface area contributed by atoms with E-state index in [-0.39, 0.29) is 5.91 Å². The largest absolute Gasteiger partial charge is 0.316 e. The van der Waals surface area contributed by atoms with Gasteiger partial charge in [0.1, 0.15) is 6.04 Å². The van der Waals surface area contributed by atoms with E-state index in [0.717, 1.165) is 18.4 Å². The van der Waals surface area contributed by atoms with Gasteiger partial charge in [-0.05, 0) is 26.7 Å². The van der Waals surface area contributed by atoms with Crippen LogP contribution in [0, 0.1) is 0 Å². The number of rotatable bonds is 3. The summed E-state index contributed by atoms with van der Waals surface area (Å²) in [5.74, 6) is -0.173. The Morgan fingerprint density at radius 3 is 2.63 bits per heavy atom. The minimum atomic E-state index is -0.671. The van der Waals surface area contributed by atoms with Crippen LogP contribution in [-0.2, 0) is 11.8 Å². The predicted molar refractivity (Wildman–Crippen MR) is 72.9 cm³/mol. The molecule has 19 heavy (non-hydrogen) atoms. The van der Waals surface area contributed by atoms with Crippen LogP contribution in [0.3, 0.4) is 0 Å². The second kappa shape index (κ2) is 5.71. The molecule has 1 fully saturated rings. The molecule has 1 amide bonds. The van der Waals surface area contributed by atoms with E-state index in [1.807, 2.05) is 12.1 Å². The molecule has 0 saturated carbocycles. The van der Waals surface area contributed by atoms with Crippen LogP contribution in [-0.4, -0.2) is 32.8 Å². The van der Waals surface area contributed by atoms with Crippen molar-refractivity contribution in [1.82, 2.24) is 20.2 Å². The third-order valence-electron chi connectivity index (χ3n) is 3.80. The molecule has 0 radical (unpaired) electrons. The monoisotopic (exact) mass is 265 g/mol. The Bertz CT molecular complexity index is 434. The molecular weight excluding hydrogens is 242 g/mol. The van der Waals surface area contributed by atoms with Crippen LogP contribution in [0.15, 0.2) is 12.4 Å². The van der Waals surface area contributed by atoms with E-state index in [0.29, 0.717) is 12.1 Å². The van der Waals surface area contributed by atoms with Crippen molar-refractivity contribution in [3.63, 3.8) is 0 Å². The summed E-state index contributed by atoms with van der Waals surface area (Å²) in [5, 5.41) is 6.07. The van der Waals surface area contributed by atoms with Crippen LogP contribution >= 0.6 is 0 Å².